The molecule has 17 heavy (non-hydrogen) atoms. The van der Waals surface area contributed by atoms with Crippen molar-refractivity contribution >= 4 is 11.9 Å². The quantitative estimate of drug-likeness (QED) is 0.588. The molecule has 0 aromatic carbocycles. The highest BCUT2D eigenvalue weighted by Gasteiger charge is 2.37. The third-order valence-corrected chi connectivity index (χ3v) is 3.78. The zero-order valence-corrected chi connectivity index (χ0v) is 11.0. The van der Waals surface area contributed by atoms with Crippen LogP contribution in [0.3, 0.4) is 0 Å². The van der Waals surface area contributed by atoms with Gasteiger partial charge in [-0.25, -0.2) is 0 Å². The van der Waals surface area contributed by atoms with E-state index in [1.807, 2.05) is 0 Å². The Morgan fingerprint density at radius 2 is 1.76 bits per heavy atom. The lowest BCUT2D eigenvalue weighted by Gasteiger charge is -2.27. The highest BCUT2D eigenvalue weighted by molar-refractivity contribution is 6.01. The van der Waals surface area contributed by atoms with Gasteiger partial charge in [0.1, 0.15) is 5.41 Å². The van der Waals surface area contributed by atoms with E-state index in [0.717, 1.165) is 19.3 Å². The molecule has 2 unspecified atom stereocenters. The number of carboxylic acid groups (broad SMARTS) is 1. The molecule has 4 nitrogen and oxygen atoms in total. The van der Waals surface area contributed by atoms with Gasteiger partial charge < -0.3 is 10.4 Å². The summed E-state index contributed by atoms with van der Waals surface area (Å²) in [6.07, 6.45) is 5.60. The predicted octanol–water partition coefficient (Wildman–Crippen LogP) is 2.18. The summed E-state index contributed by atoms with van der Waals surface area (Å²) < 4.78 is 0. The Bertz CT molecular complexity index is 299. The van der Waals surface area contributed by atoms with Crippen molar-refractivity contribution in [3.63, 3.8) is 0 Å². The molecule has 0 spiro atoms. The summed E-state index contributed by atoms with van der Waals surface area (Å²) in [5.41, 5.74) is -1.34. The van der Waals surface area contributed by atoms with Gasteiger partial charge >= 0.3 is 5.97 Å². The molecule has 0 aliphatic heterocycles. The highest BCUT2D eigenvalue weighted by atomic mass is 16.4. The molecule has 1 aliphatic rings. The van der Waals surface area contributed by atoms with Crippen molar-refractivity contribution in [3.8, 4) is 0 Å². The molecule has 1 fully saturated rings. The lowest BCUT2D eigenvalue weighted by atomic mass is 9.90. The molecule has 0 aromatic heterocycles. The molecule has 2 atom stereocenters. The minimum atomic E-state index is -1.34. The molecular weight excluding hydrogens is 218 g/mol. The normalized spacial score (nSPS) is 26.1. The van der Waals surface area contributed by atoms with Crippen LogP contribution in [0, 0.1) is 11.3 Å². The topological polar surface area (TPSA) is 66.4 Å². The molecule has 0 bridgehead atoms. The van der Waals surface area contributed by atoms with E-state index in [1.54, 1.807) is 0 Å². The molecule has 2 N–H and O–H groups in total. The molecular formula is C13H23NO3. The second-order valence-electron chi connectivity index (χ2n) is 5.63. The Morgan fingerprint density at radius 3 is 2.35 bits per heavy atom. The number of carboxylic acids is 1. The summed E-state index contributed by atoms with van der Waals surface area (Å²) >= 11 is 0. The molecule has 4 heteroatoms. The van der Waals surface area contributed by atoms with Crippen LogP contribution in [-0.2, 0) is 9.59 Å². The van der Waals surface area contributed by atoms with Crippen LogP contribution < -0.4 is 5.32 Å². The van der Waals surface area contributed by atoms with Gasteiger partial charge in [0.2, 0.25) is 5.91 Å². The minimum absolute atomic E-state index is 0.128. The van der Waals surface area contributed by atoms with Crippen molar-refractivity contribution in [1.29, 1.82) is 0 Å². The molecule has 0 radical (unpaired) electrons. The summed E-state index contributed by atoms with van der Waals surface area (Å²) in [6, 6.07) is 0.128. The molecule has 98 valence electrons. The van der Waals surface area contributed by atoms with Crippen molar-refractivity contribution < 1.29 is 14.7 Å². The largest absolute Gasteiger partial charge is 0.480 e. The van der Waals surface area contributed by atoms with E-state index < -0.39 is 11.4 Å². The Labute approximate surface area is 103 Å². The standard InChI is InChI=1S/C13H23NO3/c1-9-7-5-4-6-8-10(9)14-11(15)13(2,3)12(16)17/h9-10H,4-8H2,1-3H3,(H,14,15)(H,16,17). The van der Waals surface area contributed by atoms with E-state index in [2.05, 4.69) is 12.2 Å². The third kappa shape index (κ3) is 3.45. The van der Waals surface area contributed by atoms with E-state index in [9.17, 15) is 9.59 Å². The molecule has 1 rings (SSSR count). The maximum atomic E-state index is 11.9. The fraction of sp³-hybridized carbons (Fsp3) is 0.846. The number of nitrogens with one attached hydrogen (secondary N) is 1. The highest BCUT2D eigenvalue weighted by Crippen LogP contribution is 2.24. The first kappa shape index (κ1) is 14.0. The Hall–Kier alpha value is -1.06. The van der Waals surface area contributed by atoms with E-state index >= 15 is 0 Å². The summed E-state index contributed by atoms with van der Waals surface area (Å²) in [5, 5.41) is 11.9. The maximum absolute atomic E-state index is 11.9. The smallest absolute Gasteiger partial charge is 0.318 e. The molecule has 0 aromatic rings. The zero-order valence-electron chi connectivity index (χ0n) is 11.0. The van der Waals surface area contributed by atoms with Gasteiger partial charge in [-0.15, -0.1) is 0 Å². The van der Waals surface area contributed by atoms with Crippen LogP contribution >= 0.6 is 0 Å². The summed E-state index contributed by atoms with van der Waals surface area (Å²) in [4.78, 5) is 22.9. The van der Waals surface area contributed by atoms with Crippen LogP contribution in [-0.4, -0.2) is 23.0 Å². The second kappa shape index (κ2) is 5.52. The first-order valence-corrected chi connectivity index (χ1v) is 6.40. The Kier molecular flexibility index (Phi) is 4.54. The molecule has 0 saturated heterocycles. The van der Waals surface area contributed by atoms with Gasteiger partial charge in [0.25, 0.3) is 0 Å². The van der Waals surface area contributed by atoms with Gasteiger partial charge in [0.05, 0.1) is 0 Å². The van der Waals surface area contributed by atoms with Gasteiger partial charge in [0.15, 0.2) is 0 Å². The van der Waals surface area contributed by atoms with E-state index in [-0.39, 0.29) is 11.9 Å². The Morgan fingerprint density at radius 1 is 1.18 bits per heavy atom. The van der Waals surface area contributed by atoms with Gasteiger partial charge in [-0.2, -0.15) is 0 Å². The number of aliphatic carboxylic acids is 1. The van der Waals surface area contributed by atoms with Crippen LogP contribution in [0.2, 0.25) is 0 Å². The van der Waals surface area contributed by atoms with Crippen molar-refractivity contribution in [2.24, 2.45) is 11.3 Å². The average Bonchev–Trinajstić information content (AvgIpc) is 2.44. The number of hydrogen-bond acceptors (Lipinski definition) is 2. The second-order valence-corrected chi connectivity index (χ2v) is 5.63. The molecule has 1 amide bonds. The lowest BCUT2D eigenvalue weighted by molar-refractivity contribution is -0.153. The van der Waals surface area contributed by atoms with Crippen LogP contribution in [0.5, 0.6) is 0 Å². The Balaban J connectivity index is 2.63. The lowest BCUT2D eigenvalue weighted by Crippen LogP contribution is -2.48. The number of carbonyl (C=O) groups excluding carboxylic acids is 1. The van der Waals surface area contributed by atoms with E-state index in [4.69, 9.17) is 5.11 Å². The third-order valence-electron chi connectivity index (χ3n) is 3.78. The van der Waals surface area contributed by atoms with Gasteiger partial charge in [-0.3, -0.25) is 9.59 Å². The zero-order chi connectivity index (χ0) is 13.1. The van der Waals surface area contributed by atoms with Gasteiger partial charge in [0, 0.05) is 6.04 Å². The summed E-state index contributed by atoms with van der Waals surface area (Å²) in [5.74, 6) is -1.01. The minimum Gasteiger partial charge on any atom is -0.480 e. The fourth-order valence-corrected chi connectivity index (χ4v) is 2.15. The fourth-order valence-electron chi connectivity index (χ4n) is 2.15. The van der Waals surface area contributed by atoms with Crippen LogP contribution in [0.15, 0.2) is 0 Å². The maximum Gasteiger partial charge on any atom is 0.318 e. The average molecular weight is 241 g/mol. The van der Waals surface area contributed by atoms with Crippen molar-refractivity contribution in [3.05, 3.63) is 0 Å². The number of amides is 1. The molecule has 1 aliphatic carbocycles. The van der Waals surface area contributed by atoms with Gasteiger partial charge in [-0.05, 0) is 32.6 Å². The first-order chi connectivity index (χ1) is 7.85. The van der Waals surface area contributed by atoms with Crippen molar-refractivity contribution in [1.82, 2.24) is 5.32 Å². The monoisotopic (exact) mass is 241 g/mol. The molecule has 1 saturated carbocycles. The van der Waals surface area contributed by atoms with E-state index in [1.165, 1.54) is 26.7 Å². The SMILES string of the molecule is CC1CCCCCC1NC(=O)C(C)(C)C(=O)O. The number of carbonyl (C=O) groups is 2. The number of rotatable bonds is 3. The molecule has 0 heterocycles. The summed E-state index contributed by atoms with van der Waals surface area (Å²) in [7, 11) is 0. The summed E-state index contributed by atoms with van der Waals surface area (Å²) in [6.45, 7) is 5.03. The van der Waals surface area contributed by atoms with E-state index in [0.29, 0.717) is 5.92 Å². The van der Waals surface area contributed by atoms with Crippen LogP contribution in [0.25, 0.3) is 0 Å². The van der Waals surface area contributed by atoms with Crippen molar-refractivity contribution in [2.45, 2.75) is 58.9 Å². The van der Waals surface area contributed by atoms with Crippen molar-refractivity contribution in [2.75, 3.05) is 0 Å². The van der Waals surface area contributed by atoms with Crippen LogP contribution in [0.4, 0.5) is 0 Å². The van der Waals surface area contributed by atoms with Gasteiger partial charge in [-0.1, -0.05) is 26.2 Å². The number of hydrogen-bond donors (Lipinski definition) is 2. The van der Waals surface area contributed by atoms with Crippen LogP contribution in [0.1, 0.15) is 52.9 Å². The predicted molar refractivity (Wildman–Crippen MR) is 65.6 cm³/mol. The first-order valence-electron chi connectivity index (χ1n) is 6.40.